The number of nitro groups is 1. The van der Waals surface area contributed by atoms with E-state index in [0.29, 0.717) is 10.8 Å². The van der Waals surface area contributed by atoms with Crippen LogP contribution in [0.2, 0.25) is 0 Å². The van der Waals surface area contributed by atoms with E-state index >= 15 is 0 Å². The first kappa shape index (κ1) is 17.4. The van der Waals surface area contributed by atoms with Gasteiger partial charge in [0.15, 0.2) is 5.16 Å². The number of carbonyl (C=O) groups excluding carboxylic acids is 1. The van der Waals surface area contributed by atoms with Gasteiger partial charge in [-0.05, 0) is 24.6 Å². The van der Waals surface area contributed by atoms with Crippen LogP contribution in [0.5, 0.6) is 0 Å². The first-order valence-electron chi connectivity index (χ1n) is 7.93. The summed E-state index contributed by atoms with van der Waals surface area (Å²) >= 11 is 2.81. The molecule has 4 rings (SSSR count). The van der Waals surface area contributed by atoms with Crippen LogP contribution in [0.1, 0.15) is 5.56 Å². The van der Waals surface area contributed by atoms with Crippen LogP contribution >= 0.6 is 23.1 Å². The molecule has 0 saturated heterocycles. The number of nitrogens with zero attached hydrogens (tertiary/aromatic N) is 4. The van der Waals surface area contributed by atoms with Crippen LogP contribution in [-0.4, -0.2) is 31.2 Å². The van der Waals surface area contributed by atoms with Crippen LogP contribution in [0, 0.1) is 17.0 Å². The van der Waals surface area contributed by atoms with Gasteiger partial charge in [-0.3, -0.25) is 19.3 Å². The molecule has 2 aromatic carbocycles. The summed E-state index contributed by atoms with van der Waals surface area (Å²) in [6, 6.07) is 12.3. The van der Waals surface area contributed by atoms with Gasteiger partial charge in [-0.1, -0.05) is 41.3 Å². The lowest BCUT2D eigenvalue weighted by molar-refractivity contribution is -0.384. The number of anilines is 1. The normalized spacial score (nSPS) is 11.1. The van der Waals surface area contributed by atoms with Crippen LogP contribution < -0.4 is 5.32 Å². The minimum Gasteiger partial charge on any atom is -0.325 e. The molecule has 0 radical (unpaired) electrons. The van der Waals surface area contributed by atoms with E-state index in [4.69, 9.17) is 0 Å². The number of fused-ring (bicyclic) bond motifs is 3. The average molecular weight is 399 g/mol. The van der Waals surface area contributed by atoms with Gasteiger partial charge in [0.2, 0.25) is 10.9 Å². The Labute approximate surface area is 161 Å². The van der Waals surface area contributed by atoms with Crippen molar-refractivity contribution in [1.29, 1.82) is 0 Å². The molecule has 136 valence electrons. The fourth-order valence-electron chi connectivity index (χ4n) is 2.62. The van der Waals surface area contributed by atoms with Gasteiger partial charge >= 0.3 is 0 Å². The van der Waals surface area contributed by atoms with Crippen molar-refractivity contribution in [3.05, 3.63) is 58.1 Å². The number of thioether (sulfide) groups is 1. The predicted octanol–water partition coefficient (Wildman–Crippen LogP) is 3.89. The number of amides is 1. The molecule has 1 amide bonds. The number of thiazole rings is 1. The van der Waals surface area contributed by atoms with E-state index in [1.165, 1.54) is 35.2 Å². The highest BCUT2D eigenvalue weighted by Crippen LogP contribution is 2.29. The van der Waals surface area contributed by atoms with Crippen LogP contribution in [0.15, 0.2) is 47.6 Å². The van der Waals surface area contributed by atoms with Crippen molar-refractivity contribution in [2.24, 2.45) is 0 Å². The summed E-state index contributed by atoms with van der Waals surface area (Å²) in [7, 11) is 0. The second-order valence-corrected chi connectivity index (χ2v) is 7.72. The summed E-state index contributed by atoms with van der Waals surface area (Å²) in [5.74, 6) is -0.146. The third kappa shape index (κ3) is 3.36. The fourth-order valence-corrected chi connectivity index (χ4v) is 4.39. The van der Waals surface area contributed by atoms with Crippen LogP contribution in [0.4, 0.5) is 11.4 Å². The second kappa shape index (κ2) is 6.97. The number of aryl methyl sites for hydroxylation is 1. The molecule has 0 bridgehead atoms. The van der Waals surface area contributed by atoms with Crippen LogP contribution in [-0.2, 0) is 4.79 Å². The number of nitrogens with one attached hydrogen (secondary N) is 1. The molecule has 0 spiro atoms. The quantitative estimate of drug-likeness (QED) is 0.310. The van der Waals surface area contributed by atoms with Crippen LogP contribution in [0.3, 0.4) is 0 Å². The fraction of sp³-hybridized carbons (Fsp3) is 0.118. The van der Waals surface area contributed by atoms with Crippen molar-refractivity contribution < 1.29 is 9.72 Å². The molecule has 0 aliphatic carbocycles. The number of nitro benzene ring substituents is 1. The van der Waals surface area contributed by atoms with E-state index in [9.17, 15) is 14.9 Å². The zero-order valence-electron chi connectivity index (χ0n) is 14.1. The van der Waals surface area contributed by atoms with E-state index < -0.39 is 4.92 Å². The number of non-ortho nitro benzene ring substituents is 1. The maximum absolute atomic E-state index is 12.3. The predicted molar refractivity (Wildman–Crippen MR) is 106 cm³/mol. The first-order valence-corrected chi connectivity index (χ1v) is 9.73. The second-order valence-electron chi connectivity index (χ2n) is 5.76. The van der Waals surface area contributed by atoms with Crippen molar-refractivity contribution in [1.82, 2.24) is 14.6 Å². The lowest BCUT2D eigenvalue weighted by Gasteiger charge is -2.07. The Morgan fingerprint density at radius 1 is 1.30 bits per heavy atom. The third-order valence-electron chi connectivity index (χ3n) is 3.95. The Hall–Kier alpha value is -2.98. The van der Waals surface area contributed by atoms with E-state index in [0.717, 1.165) is 20.7 Å². The first-order chi connectivity index (χ1) is 13.0. The van der Waals surface area contributed by atoms with Crippen molar-refractivity contribution in [2.75, 3.05) is 11.1 Å². The van der Waals surface area contributed by atoms with Gasteiger partial charge in [-0.25, -0.2) is 0 Å². The van der Waals surface area contributed by atoms with Gasteiger partial charge in [0.1, 0.15) is 0 Å². The van der Waals surface area contributed by atoms with Gasteiger partial charge in [0.05, 0.1) is 26.6 Å². The average Bonchev–Trinajstić information content (AvgIpc) is 3.21. The molecule has 0 aliphatic heterocycles. The Morgan fingerprint density at radius 2 is 2.11 bits per heavy atom. The topological polar surface area (TPSA) is 102 Å². The highest BCUT2D eigenvalue weighted by atomic mass is 32.2. The third-order valence-corrected chi connectivity index (χ3v) is 5.89. The van der Waals surface area contributed by atoms with Gasteiger partial charge < -0.3 is 5.32 Å². The van der Waals surface area contributed by atoms with E-state index in [2.05, 4.69) is 15.5 Å². The zero-order valence-corrected chi connectivity index (χ0v) is 15.7. The Bertz CT molecular complexity index is 1180. The summed E-state index contributed by atoms with van der Waals surface area (Å²) in [5, 5.41) is 22.6. The summed E-state index contributed by atoms with van der Waals surface area (Å²) in [6.07, 6.45) is 0. The van der Waals surface area contributed by atoms with E-state index in [1.54, 1.807) is 13.0 Å². The molecule has 10 heteroatoms. The number of benzene rings is 2. The molecule has 27 heavy (non-hydrogen) atoms. The Kier molecular flexibility index (Phi) is 4.50. The van der Waals surface area contributed by atoms with Crippen molar-refractivity contribution in [2.45, 2.75) is 12.1 Å². The molecule has 2 aromatic heterocycles. The summed E-state index contributed by atoms with van der Waals surface area (Å²) < 4.78 is 3.03. The highest BCUT2D eigenvalue weighted by Gasteiger charge is 2.15. The van der Waals surface area contributed by atoms with Crippen molar-refractivity contribution in [3.8, 4) is 0 Å². The summed E-state index contributed by atoms with van der Waals surface area (Å²) in [6.45, 7) is 1.78. The number of aromatic nitrogens is 3. The molecule has 8 nitrogen and oxygen atoms in total. The monoisotopic (exact) mass is 399 g/mol. The molecule has 4 aromatic rings. The Morgan fingerprint density at radius 3 is 2.93 bits per heavy atom. The number of rotatable bonds is 5. The van der Waals surface area contributed by atoms with Crippen molar-refractivity contribution in [3.63, 3.8) is 0 Å². The molecule has 2 heterocycles. The molecule has 0 atom stereocenters. The SMILES string of the molecule is Cc1ccc([N+](=O)[O-])cc1NC(=O)CSc1nnc2sc3ccccc3n12. The van der Waals surface area contributed by atoms with Gasteiger partial charge in [-0.2, -0.15) is 0 Å². The molecule has 1 N–H and O–H groups in total. The molecular formula is C17H13N5O3S2. The minimum atomic E-state index is -0.488. The Balaban J connectivity index is 1.51. The standard InChI is InChI=1S/C17H13N5O3S2/c1-10-6-7-11(22(24)25)8-12(10)18-15(23)9-26-16-19-20-17-21(16)13-4-2-3-5-14(13)27-17/h2-8H,9H2,1H3,(H,18,23). The number of hydrogen-bond acceptors (Lipinski definition) is 7. The number of hydrogen-bond donors (Lipinski definition) is 1. The lowest BCUT2D eigenvalue weighted by Crippen LogP contribution is -2.15. The molecule has 0 saturated carbocycles. The summed E-state index contributed by atoms with van der Waals surface area (Å²) in [4.78, 5) is 23.5. The van der Waals surface area contributed by atoms with E-state index in [-0.39, 0.29) is 17.3 Å². The largest absolute Gasteiger partial charge is 0.325 e. The van der Waals surface area contributed by atoms with Gasteiger partial charge in [0, 0.05) is 12.1 Å². The zero-order chi connectivity index (χ0) is 19.0. The molecular weight excluding hydrogens is 386 g/mol. The molecule has 0 unspecified atom stereocenters. The van der Waals surface area contributed by atoms with Gasteiger partial charge in [-0.15, -0.1) is 10.2 Å². The number of carbonyl (C=O) groups is 1. The smallest absolute Gasteiger partial charge is 0.271 e. The maximum Gasteiger partial charge on any atom is 0.271 e. The number of para-hydroxylation sites is 1. The minimum absolute atomic E-state index is 0.0625. The van der Waals surface area contributed by atoms with Crippen molar-refractivity contribution >= 4 is 55.6 Å². The van der Waals surface area contributed by atoms with Gasteiger partial charge in [0.25, 0.3) is 5.69 Å². The lowest BCUT2D eigenvalue weighted by atomic mass is 10.2. The maximum atomic E-state index is 12.3. The molecule has 0 fully saturated rings. The van der Waals surface area contributed by atoms with Crippen LogP contribution in [0.25, 0.3) is 15.2 Å². The highest BCUT2D eigenvalue weighted by molar-refractivity contribution is 7.99. The molecule has 0 aliphatic rings. The summed E-state index contributed by atoms with van der Waals surface area (Å²) in [5.41, 5.74) is 2.13. The van der Waals surface area contributed by atoms with E-state index in [1.807, 2.05) is 28.7 Å².